The monoisotopic (exact) mass is 235 g/mol. The minimum atomic E-state index is -0.169. The van der Waals surface area contributed by atoms with Gasteiger partial charge in [-0.15, -0.1) is 0 Å². The molecule has 1 aliphatic rings. The number of nitrogens with two attached hydrogens (primary N) is 1. The van der Waals surface area contributed by atoms with Gasteiger partial charge < -0.3 is 15.8 Å². The van der Waals surface area contributed by atoms with Crippen LogP contribution in [0.3, 0.4) is 0 Å². The third-order valence-corrected chi connectivity index (χ3v) is 2.84. The zero-order valence-electron chi connectivity index (χ0n) is 9.85. The third kappa shape index (κ3) is 2.94. The summed E-state index contributed by atoms with van der Waals surface area (Å²) in [5, 5.41) is 2.91. The van der Waals surface area contributed by atoms with Crippen molar-refractivity contribution in [1.29, 1.82) is 0 Å². The molecule has 5 heteroatoms. The van der Waals surface area contributed by atoms with Crippen LogP contribution in [0.4, 0.5) is 5.82 Å². The Morgan fingerprint density at radius 2 is 2.35 bits per heavy atom. The number of carbonyl (C=O) groups is 1. The fourth-order valence-corrected chi connectivity index (χ4v) is 1.89. The molecule has 1 saturated carbocycles. The van der Waals surface area contributed by atoms with Crippen LogP contribution in [-0.2, 0) is 4.74 Å². The van der Waals surface area contributed by atoms with Crippen LogP contribution in [0.5, 0.6) is 0 Å². The van der Waals surface area contributed by atoms with E-state index in [1.807, 2.05) is 6.92 Å². The molecule has 0 saturated heterocycles. The van der Waals surface area contributed by atoms with E-state index in [0.717, 1.165) is 19.4 Å². The Balaban J connectivity index is 1.83. The Morgan fingerprint density at radius 1 is 1.59 bits per heavy atom. The van der Waals surface area contributed by atoms with Gasteiger partial charge in [-0.05, 0) is 31.9 Å². The van der Waals surface area contributed by atoms with Crippen molar-refractivity contribution in [3.63, 3.8) is 0 Å². The molecule has 0 radical (unpaired) electrons. The first-order valence-corrected chi connectivity index (χ1v) is 5.84. The number of amides is 1. The lowest BCUT2D eigenvalue weighted by Crippen LogP contribution is -2.48. The molecule has 0 bridgehead atoms. The highest BCUT2D eigenvalue weighted by Gasteiger charge is 2.30. The van der Waals surface area contributed by atoms with Gasteiger partial charge in [-0.1, -0.05) is 6.07 Å². The largest absolute Gasteiger partial charge is 0.384 e. The quantitative estimate of drug-likeness (QED) is 0.815. The van der Waals surface area contributed by atoms with Crippen LogP contribution < -0.4 is 11.1 Å². The predicted octanol–water partition coefficient (Wildman–Crippen LogP) is 0.961. The number of carbonyl (C=O) groups excluding carboxylic acids is 1. The SMILES string of the molecule is CCOC1CC(NC(=O)c2cccc(N)n2)C1. The molecule has 1 aromatic heterocycles. The minimum absolute atomic E-state index is 0.169. The summed E-state index contributed by atoms with van der Waals surface area (Å²) >= 11 is 0. The van der Waals surface area contributed by atoms with Crippen molar-refractivity contribution >= 4 is 11.7 Å². The topological polar surface area (TPSA) is 77.2 Å². The zero-order valence-corrected chi connectivity index (χ0v) is 9.85. The van der Waals surface area contributed by atoms with Crippen LogP contribution in [-0.4, -0.2) is 29.6 Å². The second kappa shape index (κ2) is 5.14. The first-order valence-electron chi connectivity index (χ1n) is 5.84. The summed E-state index contributed by atoms with van der Waals surface area (Å²) in [6.45, 7) is 2.70. The fraction of sp³-hybridized carbons (Fsp3) is 0.500. The van der Waals surface area contributed by atoms with Gasteiger partial charge in [0.25, 0.3) is 5.91 Å². The van der Waals surface area contributed by atoms with Crippen LogP contribution in [0.2, 0.25) is 0 Å². The summed E-state index contributed by atoms with van der Waals surface area (Å²) in [5.74, 6) is 0.190. The molecule has 0 spiro atoms. The second-order valence-corrected chi connectivity index (χ2v) is 4.17. The van der Waals surface area contributed by atoms with Crippen molar-refractivity contribution in [1.82, 2.24) is 10.3 Å². The van der Waals surface area contributed by atoms with E-state index >= 15 is 0 Å². The van der Waals surface area contributed by atoms with Gasteiger partial charge in [-0.3, -0.25) is 4.79 Å². The summed E-state index contributed by atoms with van der Waals surface area (Å²) in [6.07, 6.45) is 2.04. The molecule has 1 aliphatic carbocycles. The molecule has 1 fully saturated rings. The maximum Gasteiger partial charge on any atom is 0.270 e. The molecule has 0 unspecified atom stereocenters. The summed E-state index contributed by atoms with van der Waals surface area (Å²) in [5.41, 5.74) is 5.89. The molecule has 1 amide bonds. The third-order valence-electron chi connectivity index (χ3n) is 2.84. The number of nitrogen functional groups attached to an aromatic ring is 1. The van der Waals surface area contributed by atoms with Gasteiger partial charge in [0, 0.05) is 12.6 Å². The van der Waals surface area contributed by atoms with Crippen molar-refractivity contribution in [2.75, 3.05) is 12.3 Å². The average molecular weight is 235 g/mol. The van der Waals surface area contributed by atoms with Gasteiger partial charge in [0.15, 0.2) is 0 Å². The van der Waals surface area contributed by atoms with Gasteiger partial charge in [0.1, 0.15) is 11.5 Å². The minimum Gasteiger partial charge on any atom is -0.384 e. The Bertz CT molecular complexity index is 402. The highest BCUT2D eigenvalue weighted by molar-refractivity contribution is 5.92. The molecular formula is C12H17N3O2. The van der Waals surface area contributed by atoms with E-state index < -0.39 is 0 Å². The molecule has 0 aliphatic heterocycles. The molecule has 1 heterocycles. The van der Waals surface area contributed by atoms with Crippen LogP contribution >= 0.6 is 0 Å². The standard InChI is InChI=1S/C12H17N3O2/c1-2-17-9-6-8(7-9)14-12(16)10-4-3-5-11(13)15-10/h3-5,8-9H,2,6-7H2,1H3,(H2,13,15)(H,14,16). The number of nitrogens with zero attached hydrogens (tertiary/aromatic N) is 1. The maximum atomic E-state index is 11.8. The van der Waals surface area contributed by atoms with E-state index in [1.165, 1.54) is 0 Å². The van der Waals surface area contributed by atoms with E-state index in [9.17, 15) is 4.79 Å². The Morgan fingerprint density at radius 3 is 3.00 bits per heavy atom. The number of anilines is 1. The first kappa shape index (κ1) is 11.9. The van der Waals surface area contributed by atoms with Gasteiger partial charge in [0.2, 0.25) is 0 Å². The molecule has 0 aromatic carbocycles. The van der Waals surface area contributed by atoms with Crippen LogP contribution in [0.15, 0.2) is 18.2 Å². The van der Waals surface area contributed by atoms with Gasteiger partial charge in [-0.25, -0.2) is 4.98 Å². The van der Waals surface area contributed by atoms with E-state index in [1.54, 1.807) is 18.2 Å². The molecule has 1 aromatic rings. The molecular weight excluding hydrogens is 218 g/mol. The van der Waals surface area contributed by atoms with E-state index in [0.29, 0.717) is 17.6 Å². The molecule has 92 valence electrons. The van der Waals surface area contributed by atoms with Crippen molar-refractivity contribution < 1.29 is 9.53 Å². The van der Waals surface area contributed by atoms with Crippen LogP contribution in [0.25, 0.3) is 0 Å². The molecule has 5 nitrogen and oxygen atoms in total. The molecule has 3 N–H and O–H groups in total. The lowest BCUT2D eigenvalue weighted by molar-refractivity contribution is -0.00866. The number of ether oxygens (including phenoxy) is 1. The van der Waals surface area contributed by atoms with E-state index in [-0.39, 0.29) is 11.9 Å². The number of rotatable bonds is 4. The second-order valence-electron chi connectivity index (χ2n) is 4.17. The summed E-state index contributed by atoms with van der Waals surface area (Å²) in [4.78, 5) is 15.8. The fourth-order valence-electron chi connectivity index (χ4n) is 1.89. The van der Waals surface area contributed by atoms with Gasteiger partial charge >= 0.3 is 0 Å². The van der Waals surface area contributed by atoms with Crippen LogP contribution in [0, 0.1) is 0 Å². The van der Waals surface area contributed by atoms with E-state index in [4.69, 9.17) is 10.5 Å². The highest BCUT2D eigenvalue weighted by atomic mass is 16.5. The average Bonchev–Trinajstić information content (AvgIpc) is 2.26. The number of nitrogens with one attached hydrogen (secondary N) is 1. The van der Waals surface area contributed by atoms with Crippen molar-refractivity contribution in [2.45, 2.75) is 31.9 Å². The zero-order chi connectivity index (χ0) is 12.3. The predicted molar refractivity (Wildman–Crippen MR) is 64.6 cm³/mol. The Kier molecular flexibility index (Phi) is 3.58. The summed E-state index contributed by atoms with van der Waals surface area (Å²) in [6, 6.07) is 5.23. The van der Waals surface area contributed by atoms with Crippen LogP contribution in [0.1, 0.15) is 30.3 Å². The maximum absolute atomic E-state index is 11.8. The molecule has 17 heavy (non-hydrogen) atoms. The van der Waals surface area contributed by atoms with Gasteiger partial charge in [-0.2, -0.15) is 0 Å². The highest BCUT2D eigenvalue weighted by Crippen LogP contribution is 2.23. The smallest absolute Gasteiger partial charge is 0.270 e. The van der Waals surface area contributed by atoms with Gasteiger partial charge in [0.05, 0.1) is 6.10 Å². The Hall–Kier alpha value is -1.62. The lowest BCUT2D eigenvalue weighted by atomic mass is 9.89. The van der Waals surface area contributed by atoms with Crippen molar-refractivity contribution in [3.8, 4) is 0 Å². The number of hydrogen-bond acceptors (Lipinski definition) is 4. The molecule has 0 atom stereocenters. The normalized spacial score (nSPS) is 22.9. The molecule has 2 rings (SSSR count). The number of hydrogen-bond donors (Lipinski definition) is 2. The number of pyridine rings is 1. The Labute approximate surface area is 100 Å². The van der Waals surface area contributed by atoms with E-state index in [2.05, 4.69) is 10.3 Å². The summed E-state index contributed by atoms with van der Waals surface area (Å²) in [7, 11) is 0. The first-order chi connectivity index (χ1) is 8.19. The summed E-state index contributed by atoms with van der Waals surface area (Å²) < 4.78 is 5.43. The van der Waals surface area contributed by atoms with Crippen molar-refractivity contribution in [3.05, 3.63) is 23.9 Å². The van der Waals surface area contributed by atoms with Crippen molar-refractivity contribution in [2.24, 2.45) is 0 Å². The number of aromatic nitrogens is 1. The lowest BCUT2D eigenvalue weighted by Gasteiger charge is -2.35.